The third-order valence-corrected chi connectivity index (χ3v) is 11.4. The van der Waals surface area contributed by atoms with Gasteiger partial charge in [0.05, 0.1) is 47.4 Å². The monoisotopic (exact) mass is 725 g/mol. The van der Waals surface area contributed by atoms with Crippen molar-refractivity contribution in [1.29, 1.82) is 0 Å². The zero-order chi connectivity index (χ0) is 37.2. The summed E-state index contributed by atoms with van der Waals surface area (Å²) in [4.78, 5) is 50.4. The number of aryl methyl sites for hydroxylation is 1. The highest BCUT2D eigenvalue weighted by atomic mass is 35.5. The van der Waals surface area contributed by atoms with Crippen molar-refractivity contribution < 1.29 is 29.0 Å². The van der Waals surface area contributed by atoms with Crippen LogP contribution in [0.5, 0.6) is 5.75 Å². The van der Waals surface area contributed by atoms with Gasteiger partial charge in [-0.25, -0.2) is 0 Å². The molecule has 0 aliphatic carbocycles. The first-order valence-electron chi connectivity index (χ1n) is 18.1. The van der Waals surface area contributed by atoms with Gasteiger partial charge in [0.2, 0.25) is 11.8 Å². The number of benzene rings is 3. The maximum Gasteiger partial charge on any atom is 0.253 e. The minimum Gasteiger partial charge on any atom is -0.494 e. The summed E-state index contributed by atoms with van der Waals surface area (Å²) in [6.45, 7) is 14.1. The molecular formula is C42H48ClN3O6. The van der Waals surface area contributed by atoms with Gasteiger partial charge in [-0.3, -0.25) is 14.4 Å². The van der Waals surface area contributed by atoms with Crippen molar-refractivity contribution in [1.82, 2.24) is 4.90 Å². The number of fused-ring (bicyclic) bond motifs is 1. The molecule has 3 aromatic rings. The quantitative estimate of drug-likeness (QED) is 0.179. The van der Waals surface area contributed by atoms with E-state index in [1.165, 1.54) is 4.90 Å². The first-order chi connectivity index (χ1) is 25.1. The van der Waals surface area contributed by atoms with Gasteiger partial charge >= 0.3 is 0 Å². The molecule has 3 fully saturated rings. The predicted molar refractivity (Wildman–Crippen MR) is 204 cm³/mol. The van der Waals surface area contributed by atoms with Crippen molar-refractivity contribution in [2.24, 2.45) is 11.8 Å². The van der Waals surface area contributed by atoms with E-state index in [1.807, 2.05) is 87.5 Å². The van der Waals surface area contributed by atoms with Crippen LogP contribution >= 0.6 is 11.6 Å². The number of ether oxygens (including phenoxy) is 2. The van der Waals surface area contributed by atoms with Gasteiger partial charge in [-0.05, 0) is 81.0 Å². The SMILES string of the molecule is C=CCN(C(=O)[C@H]1[C@H]2C(=O)N([C@@H](CO)Cc3ccccc3)C(C(=O)N(CC=C)c3c(C)cccc3Cl)C23CC[C@]1(CC)O3)c1ccc(OCC)cc1. The molecule has 3 saturated heterocycles. The molecule has 3 aromatic carbocycles. The lowest BCUT2D eigenvalue weighted by Crippen LogP contribution is -2.59. The minimum absolute atomic E-state index is 0.122. The van der Waals surface area contributed by atoms with E-state index in [9.17, 15) is 5.11 Å². The molecule has 3 amide bonds. The summed E-state index contributed by atoms with van der Waals surface area (Å²) in [6, 6.07) is 20.3. The number of nitrogens with zero attached hydrogens (tertiary/aromatic N) is 3. The van der Waals surface area contributed by atoms with Gasteiger partial charge in [0.25, 0.3) is 5.91 Å². The highest BCUT2D eigenvalue weighted by Gasteiger charge is 2.79. The van der Waals surface area contributed by atoms with E-state index in [-0.39, 0.29) is 24.9 Å². The molecule has 3 aliphatic rings. The second-order valence-electron chi connectivity index (χ2n) is 13.9. The van der Waals surface area contributed by atoms with E-state index in [1.54, 1.807) is 28.0 Å². The third kappa shape index (κ3) is 6.22. The summed E-state index contributed by atoms with van der Waals surface area (Å²) in [5, 5.41) is 11.4. The highest BCUT2D eigenvalue weighted by Crippen LogP contribution is 2.65. The number of amides is 3. The number of aliphatic hydroxyl groups is 1. The van der Waals surface area contributed by atoms with Crippen LogP contribution in [0.1, 0.15) is 44.2 Å². The average molecular weight is 726 g/mol. The summed E-state index contributed by atoms with van der Waals surface area (Å²) in [7, 11) is 0. The van der Waals surface area contributed by atoms with Crippen LogP contribution in [0.4, 0.5) is 11.4 Å². The molecule has 52 heavy (non-hydrogen) atoms. The Hall–Kier alpha value is -4.44. The van der Waals surface area contributed by atoms with Gasteiger partial charge in [-0.2, -0.15) is 0 Å². The Morgan fingerprint density at radius 1 is 1.00 bits per heavy atom. The molecule has 274 valence electrons. The minimum atomic E-state index is -1.33. The van der Waals surface area contributed by atoms with Crippen LogP contribution < -0.4 is 14.5 Å². The maximum absolute atomic E-state index is 15.4. The van der Waals surface area contributed by atoms with E-state index >= 15 is 14.4 Å². The van der Waals surface area contributed by atoms with Crippen molar-refractivity contribution in [3.63, 3.8) is 0 Å². The number of anilines is 2. The van der Waals surface area contributed by atoms with Crippen molar-refractivity contribution in [2.45, 2.75) is 69.7 Å². The van der Waals surface area contributed by atoms with E-state index in [0.29, 0.717) is 54.4 Å². The van der Waals surface area contributed by atoms with Crippen LogP contribution in [-0.4, -0.2) is 77.3 Å². The normalized spacial score (nSPS) is 25.1. The summed E-state index contributed by atoms with van der Waals surface area (Å²) in [6.07, 6.45) is 4.93. The number of halogens is 1. The topological polar surface area (TPSA) is 99.6 Å². The Morgan fingerprint density at radius 2 is 1.69 bits per heavy atom. The fraction of sp³-hybridized carbons (Fsp3) is 0.405. The number of hydrogen-bond acceptors (Lipinski definition) is 6. The number of para-hydroxylation sites is 1. The van der Waals surface area contributed by atoms with Gasteiger partial charge in [0.15, 0.2) is 0 Å². The zero-order valence-electron chi connectivity index (χ0n) is 30.2. The molecule has 10 heteroatoms. The average Bonchev–Trinajstić information content (AvgIpc) is 3.76. The Bertz CT molecular complexity index is 1800. The van der Waals surface area contributed by atoms with E-state index in [4.69, 9.17) is 21.1 Å². The first-order valence-corrected chi connectivity index (χ1v) is 18.5. The molecule has 2 unspecified atom stereocenters. The van der Waals surface area contributed by atoms with Crippen LogP contribution in [0.15, 0.2) is 98.1 Å². The summed E-state index contributed by atoms with van der Waals surface area (Å²) in [5.74, 6) is -2.22. The van der Waals surface area contributed by atoms with Crippen molar-refractivity contribution in [2.75, 3.05) is 36.1 Å². The standard InChI is InChI=1S/C42H48ClN3O6/c1-6-24-44(30-18-20-32(21-19-30)51-9-4)38(48)34-35-39(49)46(31(27-47)26-29-15-11-10-12-16-29)37(42(35)23-22-41(34,8-3)52-42)40(50)45(25-7-2)36-28(5)14-13-17-33(36)43/h6-7,10-21,31,34-35,37,47H,1-2,8-9,22-27H2,3-5H3/t31-,34-,35+,37?,41+,42?/m1/s1. The molecule has 6 atom stereocenters. The second kappa shape index (κ2) is 15.3. The zero-order valence-corrected chi connectivity index (χ0v) is 30.9. The third-order valence-electron chi connectivity index (χ3n) is 11.1. The van der Waals surface area contributed by atoms with Gasteiger partial charge in [-0.15, -0.1) is 13.2 Å². The predicted octanol–water partition coefficient (Wildman–Crippen LogP) is 6.54. The van der Waals surface area contributed by atoms with E-state index in [2.05, 4.69) is 13.2 Å². The summed E-state index contributed by atoms with van der Waals surface area (Å²) >= 11 is 6.77. The molecule has 1 N–H and O–H groups in total. The lowest BCUT2D eigenvalue weighted by Gasteiger charge is -2.40. The maximum atomic E-state index is 15.4. The lowest BCUT2D eigenvalue weighted by atomic mass is 9.64. The molecule has 2 bridgehead atoms. The smallest absolute Gasteiger partial charge is 0.253 e. The Balaban J connectivity index is 1.49. The van der Waals surface area contributed by atoms with Crippen LogP contribution in [0.2, 0.25) is 5.02 Å². The molecule has 9 nitrogen and oxygen atoms in total. The number of rotatable bonds is 15. The Labute approximate surface area is 311 Å². The first kappa shape index (κ1) is 37.3. The largest absolute Gasteiger partial charge is 0.494 e. The molecule has 0 saturated carbocycles. The summed E-state index contributed by atoms with van der Waals surface area (Å²) < 4.78 is 12.8. The van der Waals surface area contributed by atoms with Crippen molar-refractivity contribution in [3.05, 3.63) is 114 Å². The van der Waals surface area contributed by atoms with Crippen LogP contribution in [-0.2, 0) is 25.5 Å². The number of carbonyl (C=O) groups is 3. The highest BCUT2D eigenvalue weighted by molar-refractivity contribution is 6.34. The number of carbonyl (C=O) groups excluding carboxylic acids is 3. The molecule has 3 heterocycles. The second-order valence-corrected chi connectivity index (χ2v) is 14.3. The number of hydrogen-bond donors (Lipinski definition) is 1. The van der Waals surface area contributed by atoms with Crippen molar-refractivity contribution >= 4 is 40.7 Å². The molecular weight excluding hydrogens is 678 g/mol. The van der Waals surface area contributed by atoms with Crippen molar-refractivity contribution in [3.8, 4) is 5.75 Å². The van der Waals surface area contributed by atoms with Gasteiger partial charge in [-0.1, -0.05) is 73.1 Å². The Kier molecular flexibility index (Phi) is 11.0. The molecule has 3 aliphatic heterocycles. The number of likely N-dealkylation sites (tertiary alicyclic amines) is 1. The summed E-state index contributed by atoms with van der Waals surface area (Å²) in [5.41, 5.74) is 0.515. The van der Waals surface area contributed by atoms with E-state index < -0.39 is 47.6 Å². The van der Waals surface area contributed by atoms with Crippen LogP contribution in [0.25, 0.3) is 0 Å². The fourth-order valence-corrected chi connectivity index (χ4v) is 9.21. The Morgan fingerprint density at radius 3 is 2.31 bits per heavy atom. The van der Waals surface area contributed by atoms with Gasteiger partial charge in [0.1, 0.15) is 17.4 Å². The molecule has 0 aromatic heterocycles. The van der Waals surface area contributed by atoms with Gasteiger partial charge < -0.3 is 29.3 Å². The molecule has 1 spiro atoms. The number of aliphatic hydroxyl groups excluding tert-OH is 1. The molecule has 0 radical (unpaired) electrons. The van der Waals surface area contributed by atoms with Crippen LogP contribution in [0.3, 0.4) is 0 Å². The lowest BCUT2D eigenvalue weighted by molar-refractivity contribution is -0.149. The van der Waals surface area contributed by atoms with E-state index in [0.717, 1.165) is 11.1 Å². The van der Waals surface area contributed by atoms with Gasteiger partial charge in [0, 0.05) is 18.8 Å². The molecule has 6 rings (SSSR count). The van der Waals surface area contributed by atoms with Crippen LogP contribution in [0, 0.1) is 18.8 Å². The fourth-order valence-electron chi connectivity index (χ4n) is 8.88.